The first-order chi connectivity index (χ1) is 13.7. The molecule has 0 aliphatic carbocycles. The van der Waals surface area contributed by atoms with Gasteiger partial charge in [-0.15, -0.1) is 0 Å². The Hall–Kier alpha value is -3.13. The number of fused-ring (bicyclic) bond motifs is 1. The molecule has 1 aliphatic heterocycles. The summed E-state index contributed by atoms with van der Waals surface area (Å²) >= 11 is 0. The number of aromatic nitrogens is 5. The largest absolute Gasteiger partial charge is 0.296 e. The maximum Gasteiger partial charge on any atom is 0.181 e. The number of nitrogens with zero attached hydrogens (tertiary/aromatic N) is 4. The van der Waals surface area contributed by atoms with Gasteiger partial charge in [0, 0.05) is 16.5 Å². The summed E-state index contributed by atoms with van der Waals surface area (Å²) in [6.07, 6.45) is 2.45. The van der Waals surface area contributed by atoms with Gasteiger partial charge in [-0.25, -0.2) is 13.8 Å². The Labute approximate surface area is 159 Å². The van der Waals surface area contributed by atoms with E-state index in [4.69, 9.17) is 0 Å². The predicted molar refractivity (Wildman–Crippen MR) is 101 cm³/mol. The standard InChI is InChI=1S/C20H18F2N6/c21-15-5-3-12(10-16(15)22)19-14-9-13(4-6-17(14)24-26-19)20-23-18(25-27-20)11-28-7-1-2-8-28/h3-6,9-10H,1-2,7-8,11H2,(H,24,26)(H,23,25,27). The van der Waals surface area contributed by atoms with E-state index in [-0.39, 0.29) is 0 Å². The molecule has 4 aromatic rings. The van der Waals surface area contributed by atoms with Crippen molar-refractivity contribution >= 4 is 10.9 Å². The minimum Gasteiger partial charge on any atom is -0.296 e. The van der Waals surface area contributed by atoms with Crippen molar-refractivity contribution in [2.75, 3.05) is 13.1 Å². The van der Waals surface area contributed by atoms with Gasteiger partial charge in [-0.05, 0) is 62.3 Å². The second-order valence-corrected chi connectivity index (χ2v) is 7.05. The van der Waals surface area contributed by atoms with E-state index in [0.717, 1.165) is 54.1 Å². The molecule has 3 heterocycles. The Morgan fingerprint density at radius 1 is 0.893 bits per heavy atom. The Morgan fingerprint density at radius 2 is 1.71 bits per heavy atom. The topological polar surface area (TPSA) is 73.5 Å². The van der Waals surface area contributed by atoms with Crippen molar-refractivity contribution in [1.82, 2.24) is 30.3 Å². The lowest BCUT2D eigenvalue weighted by Crippen LogP contribution is -2.19. The van der Waals surface area contributed by atoms with Crippen LogP contribution in [0.3, 0.4) is 0 Å². The average molecular weight is 380 g/mol. The molecule has 2 aromatic heterocycles. The number of aromatic amines is 2. The van der Waals surface area contributed by atoms with Crippen LogP contribution in [0, 0.1) is 11.6 Å². The van der Waals surface area contributed by atoms with Crippen molar-refractivity contribution in [1.29, 1.82) is 0 Å². The molecule has 2 N–H and O–H groups in total. The number of rotatable bonds is 4. The summed E-state index contributed by atoms with van der Waals surface area (Å²) in [4.78, 5) is 6.97. The fourth-order valence-electron chi connectivity index (χ4n) is 3.66. The third-order valence-electron chi connectivity index (χ3n) is 5.12. The molecule has 2 aromatic carbocycles. The molecule has 5 rings (SSSR count). The SMILES string of the molecule is Fc1ccc(-c2n[nH]c3ccc(-c4n[nH]c(CN5CCCC5)n4)cc23)cc1F. The predicted octanol–water partition coefficient (Wildman–Crippen LogP) is 3.89. The van der Waals surface area contributed by atoms with E-state index in [2.05, 4.69) is 30.3 Å². The summed E-state index contributed by atoms with van der Waals surface area (Å²) < 4.78 is 26.9. The quantitative estimate of drug-likeness (QED) is 0.563. The van der Waals surface area contributed by atoms with Crippen LogP contribution in [0.1, 0.15) is 18.7 Å². The summed E-state index contributed by atoms with van der Waals surface area (Å²) in [5.74, 6) is -0.334. The average Bonchev–Trinajstić information content (AvgIpc) is 3.45. The Morgan fingerprint density at radius 3 is 2.54 bits per heavy atom. The van der Waals surface area contributed by atoms with Crippen LogP contribution in [0.5, 0.6) is 0 Å². The number of H-pyrrole nitrogens is 2. The Balaban J connectivity index is 1.49. The molecule has 0 radical (unpaired) electrons. The molecule has 28 heavy (non-hydrogen) atoms. The molecule has 0 bridgehead atoms. The fraction of sp³-hybridized carbons (Fsp3) is 0.250. The fourth-order valence-corrected chi connectivity index (χ4v) is 3.66. The smallest absolute Gasteiger partial charge is 0.181 e. The van der Waals surface area contributed by atoms with Gasteiger partial charge in [0.1, 0.15) is 11.5 Å². The second-order valence-electron chi connectivity index (χ2n) is 7.05. The zero-order valence-electron chi connectivity index (χ0n) is 15.0. The lowest BCUT2D eigenvalue weighted by molar-refractivity contribution is 0.323. The maximum absolute atomic E-state index is 13.6. The number of likely N-dealkylation sites (tertiary alicyclic amines) is 1. The molecule has 0 saturated carbocycles. The highest BCUT2D eigenvalue weighted by molar-refractivity contribution is 5.95. The molecule has 1 saturated heterocycles. The van der Waals surface area contributed by atoms with Gasteiger partial charge < -0.3 is 0 Å². The second kappa shape index (κ2) is 6.79. The summed E-state index contributed by atoms with van der Waals surface area (Å²) in [6, 6.07) is 9.49. The Kier molecular flexibility index (Phi) is 4.12. The number of benzene rings is 2. The van der Waals surface area contributed by atoms with E-state index in [9.17, 15) is 8.78 Å². The first-order valence-electron chi connectivity index (χ1n) is 9.25. The van der Waals surface area contributed by atoms with Crippen molar-refractivity contribution in [3.63, 3.8) is 0 Å². The van der Waals surface area contributed by atoms with Crippen LogP contribution in [0.15, 0.2) is 36.4 Å². The molecular weight excluding hydrogens is 362 g/mol. The third-order valence-corrected chi connectivity index (χ3v) is 5.12. The zero-order chi connectivity index (χ0) is 19.1. The highest BCUT2D eigenvalue weighted by atomic mass is 19.2. The third kappa shape index (κ3) is 3.05. The monoisotopic (exact) mass is 380 g/mol. The number of hydrogen-bond donors (Lipinski definition) is 2. The zero-order valence-corrected chi connectivity index (χ0v) is 15.0. The molecule has 0 spiro atoms. The summed E-state index contributed by atoms with van der Waals surface area (Å²) in [7, 11) is 0. The number of halogens is 2. The van der Waals surface area contributed by atoms with Gasteiger partial charge in [-0.2, -0.15) is 10.2 Å². The van der Waals surface area contributed by atoms with Gasteiger partial charge in [-0.3, -0.25) is 15.1 Å². The first kappa shape index (κ1) is 17.0. The summed E-state index contributed by atoms with van der Waals surface area (Å²) in [5.41, 5.74) is 2.70. The summed E-state index contributed by atoms with van der Waals surface area (Å²) in [5, 5.41) is 15.4. The Bertz CT molecular complexity index is 1140. The van der Waals surface area contributed by atoms with E-state index < -0.39 is 11.6 Å². The van der Waals surface area contributed by atoms with Gasteiger partial charge in [0.05, 0.1) is 12.1 Å². The molecule has 1 fully saturated rings. The molecule has 0 atom stereocenters. The van der Waals surface area contributed by atoms with Crippen molar-refractivity contribution in [2.45, 2.75) is 19.4 Å². The van der Waals surface area contributed by atoms with Gasteiger partial charge in [-0.1, -0.05) is 0 Å². The molecule has 0 unspecified atom stereocenters. The van der Waals surface area contributed by atoms with Gasteiger partial charge in [0.2, 0.25) is 0 Å². The minimum absolute atomic E-state index is 0.506. The van der Waals surface area contributed by atoms with E-state index in [1.807, 2.05) is 18.2 Å². The lowest BCUT2D eigenvalue weighted by Gasteiger charge is -2.11. The number of hydrogen-bond acceptors (Lipinski definition) is 4. The van der Waals surface area contributed by atoms with Crippen LogP contribution in [0.25, 0.3) is 33.5 Å². The normalized spacial score (nSPS) is 14.9. The van der Waals surface area contributed by atoms with Crippen molar-refractivity contribution in [3.05, 3.63) is 53.9 Å². The van der Waals surface area contributed by atoms with Crippen LogP contribution in [-0.2, 0) is 6.54 Å². The minimum atomic E-state index is -0.898. The molecule has 142 valence electrons. The van der Waals surface area contributed by atoms with E-state index in [0.29, 0.717) is 17.1 Å². The van der Waals surface area contributed by atoms with E-state index >= 15 is 0 Å². The van der Waals surface area contributed by atoms with Crippen LogP contribution in [0.4, 0.5) is 8.78 Å². The highest BCUT2D eigenvalue weighted by Gasteiger charge is 2.16. The first-order valence-corrected chi connectivity index (χ1v) is 9.25. The van der Waals surface area contributed by atoms with E-state index in [1.165, 1.54) is 18.9 Å². The molecule has 0 amide bonds. The van der Waals surface area contributed by atoms with Crippen LogP contribution in [-0.4, -0.2) is 43.4 Å². The lowest BCUT2D eigenvalue weighted by atomic mass is 10.1. The van der Waals surface area contributed by atoms with Crippen LogP contribution in [0.2, 0.25) is 0 Å². The van der Waals surface area contributed by atoms with Crippen molar-refractivity contribution in [3.8, 4) is 22.6 Å². The van der Waals surface area contributed by atoms with Crippen LogP contribution < -0.4 is 0 Å². The highest BCUT2D eigenvalue weighted by Crippen LogP contribution is 2.30. The number of nitrogens with one attached hydrogen (secondary N) is 2. The maximum atomic E-state index is 13.6. The molecule has 1 aliphatic rings. The summed E-state index contributed by atoms with van der Waals surface area (Å²) in [6.45, 7) is 2.95. The van der Waals surface area contributed by atoms with Crippen molar-refractivity contribution in [2.24, 2.45) is 0 Å². The van der Waals surface area contributed by atoms with Gasteiger partial charge >= 0.3 is 0 Å². The molecule has 8 heteroatoms. The molecular formula is C20H18F2N6. The van der Waals surface area contributed by atoms with Gasteiger partial charge in [0.25, 0.3) is 0 Å². The molecule has 6 nitrogen and oxygen atoms in total. The van der Waals surface area contributed by atoms with Crippen LogP contribution >= 0.6 is 0 Å². The van der Waals surface area contributed by atoms with Gasteiger partial charge in [0.15, 0.2) is 17.5 Å². The van der Waals surface area contributed by atoms with Crippen molar-refractivity contribution < 1.29 is 8.78 Å². The van der Waals surface area contributed by atoms with E-state index in [1.54, 1.807) is 0 Å².